The molecule has 0 aliphatic heterocycles. The van der Waals surface area contributed by atoms with Crippen molar-refractivity contribution in [1.82, 2.24) is 9.97 Å². The number of rotatable bonds is 2. The summed E-state index contributed by atoms with van der Waals surface area (Å²) in [6, 6.07) is 0. The molecule has 0 radical (unpaired) electrons. The van der Waals surface area contributed by atoms with Gasteiger partial charge >= 0.3 is 0 Å². The van der Waals surface area contributed by atoms with Gasteiger partial charge in [0.25, 0.3) is 0 Å². The van der Waals surface area contributed by atoms with Gasteiger partial charge < -0.3 is 4.98 Å². The number of nitrogens with zero attached hydrogens (tertiary/aromatic N) is 1. The van der Waals surface area contributed by atoms with Crippen molar-refractivity contribution in [2.75, 3.05) is 0 Å². The zero-order chi connectivity index (χ0) is 11.0. The van der Waals surface area contributed by atoms with Crippen LogP contribution in [0.4, 0.5) is 0 Å². The SMILES string of the molecule is CC1CCc2nc(CC3CCCC3)[nH]c2C1. The highest BCUT2D eigenvalue weighted by Crippen LogP contribution is 2.29. The van der Waals surface area contributed by atoms with E-state index in [0.29, 0.717) is 0 Å². The Morgan fingerprint density at radius 2 is 2.06 bits per heavy atom. The minimum Gasteiger partial charge on any atom is -0.346 e. The van der Waals surface area contributed by atoms with Crippen LogP contribution in [0.15, 0.2) is 0 Å². The van der Waals surface area contributed by atoms with E-state index in [9.17, 15) is 0 Å². The van der Waals surface area contributed by atoms with Gasteiger partial charge in [0.1, 0.15) is 5.82 Å². The Balaban J connectivity index is 1.71. The number of imidazole rings is 1. The van der Waals surface area contributed by atoms with Crippen LogP contribution in [0.25, 0.3) is 0 Å². The molecule has 88 valence electrons. The van der Waals surface area contributed by atoms with Gasteiger partial charge in [0.15, 0.2) is 0 Å². The molecule has 0 spiro atoms. The highest BCUT2D eigenvalue weighted by molar-refractivity contribution is 5.18. The second kappa shape index (κ2) is 4.23. The van der Waals surface area contributed by atoms with E-state index in [1.807, 2.05) is 0 Å². The molecule has 2 aliphatic rings. The summed E-state index contributed by atoms with van der Waals surface area (Å²) < 4.78 is 0. The lowest BCUT2D eigenvalue weighted by Crippen LogP contribution is -2.10. The normalized spacial score (nSPS) is 25.9. The van der Waals surface area contributed by atoms with Crippen LogP contribution in [0.3, 0.4) is 0 Å². The average molecular weight is 218 g/mol. The zero-order valence-corrected chi connectivity index (χ0v) is 10.3. The lowest BCUT2D eigenvalue weighted by molar-refractivity contribution is 0.491. The highest BCUT2D eigenvalue weighted by Gasteiger charge is 2.21. The standard InChI is InChI=1S/C14H22N2/c1-10-6-7-12-13(8-10)16-14(15-12)9-11-4-2-3-5-11/h10-11H,2-9H2,1H3,(H,15,16). The van der Waals surface area contributed by atoms with Crippen molar-refractivity contribution in [3.63, 3.8) is 0 Å². The lowest BCUT2D eigenvalue weighted by Gasteiger charge is -2.15. The van der Waals surface area contributed by atoms with E-state index in [1.165, 1.54) is 68.6 Å². The van der Waals surface area contributed by atoms with Gasteiger partial charge in [0.05, 0.1) is 5.69 Å². The summed E-state index contributed by atoms with van der Waals surface area (Å²) in [4.78, 5) is 8.37. The van der Waals surface area contributed by atoms with E-state index in [-0.39, 0.29) is 0 Å². The van der Waals surface area contributed by atoms with Crippen molar-refractivity contribution in [2.24, 2.45) is 11.8 Å². The van der Waals surface area contributed by atoms with Crippen molar-refractivity contribution in [3.8, 4) is 0 Å². The van der Waals surface area contributed by atoms with Gasteiger partial charge in [-0.1, -0.05) is 32.6 Å². The Hall–Kier alpha value is -0.790. The van der Waals surface area contributed by atoms with Crippen LogP contribution < -0.4 is 0 Å². The van der Waals surface area contributed by atoms with E-state index in [1.54, 1.807) is 0 Å². The molecule has 1 fully saturated rings. The third kappa shape index (κ3) is 2.02. The van der Waals surface area contributed by atoms with Crippen LogP contribution in [-0.4, -0.2) is 9.97 Å². The monoisotopic (exact) mass is 218 g/mol. The first kappa shape index (κ1) is 10.4. The fraction of sp³-hybridized carbons (Fsp3) is 0.786. The summed E-state index contributed by atoms with van der Waals surface area (Å²) in [5, 5.41) is 0. The molecule has 1 unspecified atom stereocenters. The molecule has 1 aromatic heterocycles. The second-order valence-electron chi connectivity index (χ2n) is 5.81. The van der Waals surface area contributed by atoms with Crippen LogP contribution in [0.1, 0.15) is 56.2 Å². The Labute approximate surface area is 97.9 Å². The van der Waals surface area contributed by atoms with Crippen molar-refractivity contribution < 1.29 is 0 Å². The fourth-order valence-electron chi connectivity index (χ4n) is 3.30. The van der Waals surface area contributed by atoms with E-state index in [4.69, 9.17) is 4.98 Å². The first-order chi connectivity index (χ1) is 7.81. The molecule has 2 nitrogen and oxygen atoms in total. The number of nitrogens with one attached hydrogen (secondary N) is 1. The largest absolute Gasteiger partial charge is 0.346 e. The minimum absolute atomic E-state index is 0.840. The van der Waals surface area contributed by atoms with E-state index in [2.05, 4.69) is 11.9 Å². The minimum atomic E-state index is 0.840. The van der Waals surface area contributed by atoms with Gasteiger partial charge in [0.2, 0.25) is 0 Å². The van der Waals surface area contributed by atoms with Crippen molar-refractivity contribution in [3.05, 3.63) is 17.2 Å². The van der Waals surface area contributed by atoms with Gasteiger partial charge in [0, 0.05) is 12.1 Å². The number of aromatic nitrogens is 2. The smallest absolute Gasteiger partial charge is 0.106 e. The molecule has 1 N–H and O–H groups in total. The summed E-state index contributed by atoms with van der Waals surface area (Å²) in [5.41, 5.74) is 2.80. The lowest BCUT2D eigenvalue weighted by atomic mass is 9.92. The predicted octanol–water partition coefficient (Wildman–Crippen LogP) is 3.27. The maximum atomic E-state index is 4.79. The molecule has 0 aromatic carbocycles. The summed E-state index contributed by atoms with van der Waals surface area (Å²) in [7, 11) is 0. The number of aryl methyl sites for hydroxylation is 1. The molecular formula is C14H22N2. The predicted molar refractivity (Wildman–Crippen MR) is 65.4 cm³/mol. The van der Waals surface area contributed by atoms with Gasteiger partial charge in [-0.3, -0.25) is 0 Å². The number of H-pyrrole nitrogens is 1. The van der Waals surface area contributed by atoms with E-state index >= 15 is 0 Å². The molecule has 2 heteroatoms. The number of aromatic amines is 1. The Bertz CT molecular complexity index is 361. The number of hydrogen-bond donors (Lipinski definition) is 1. The number of hydrogen-bond acceptors (Lipinski definition) is 1. The Morgan fingerprint density at radius 3 is 2.88 bits per heavy atom. The molecule has 3 rings (SSSR count). The molecule has 0 bridgehead atoms. The fourth-order valence-corrected chi connectivity index (χ4v) is 3.30. The molecule has 2 aliphatic carbocycles. The van der Waals surface area contributed by atoms with Gasteiger partial charge in [-0.2, -0.15) is 0 Å². The summed E-state index contributed by atoms with van der Waals surface area (Å²) in [6.07, 6.45) is 10.6. The van der Waals surface area contributed by atoms with Crippen molar-refractivity contribution in [2.45, 2.75) is 58.3 Å². The first-order valence-corrected chi connectivity index (χ1v) is 6.88. The van der Waals surface area contributed by atoms with E-state index in [0.717, 1.165) is 11.8 Å². The summed E-state index contributed by atoms with van der Waals surface area (Å²) >= 11 is 0. The molecule has 1 aromatic rings. The zero-order valence-electron chi connectivity index (χ0n) is 10.3. The third-order valence-corrected chi connectivity index (χ3v) is 4.30. The molecule has 1 saturated carbocycles. The average Bonchev–Trinajstić information content (AvgIpc) is 2.86. The highest BCUT2D eigenvalue weighted by atomic mass is 14.9. The molecule has 16 heavy (non-hydrogen) atoms. The van der Waals surface area contributed by atoms with E-state index < -0.39 is 0 Å². The van der Waals surface area contributed by atoms with Crippen molar-refractivity contribution >= 4 is 0 Å². The van der Waals surface area contributed by atoms with Crippen molar-refractivity contribution in [1.29, 1.82) is 0 Å². The second-order valence-corrected chi connectivity index (χ2v) is 5.81. The van der Waals surface area contributed by atoms with Crippen LogP contribution in [0, 0.1) is 11.8 Å². The van der Waals surface area contributed by atoms with Crippen LogP contribution in [0.2, 0.25) is 0 Å². The summed E-state index contributed by atoms with van der Waals surface area (Å²) in [6.45, 7) is 2.35. The molecule has 1 heterocycles. The Kier molecular flexibility index (Phi) is 2.74. The van der Waals surface area contributed by atoms with Gasteiger partial charge in [-0.15, -0.1) is 0 Å². The third-order valence-electron chi connectivity index (χ3n) is 4.30. The molecular weight excluding hydrogens is 196 g/mol. The van der Waals surface area contributed by atoms with Gasteiger partial charge in [-0.25, -0.2) is 4.98 Å². The van der Waals surface area contributed by atoms with Crippen LogP contribution in [-0.2, 0) is 19.3 Å². The van der Waals surface area contributed by atoms with Crippen LogP contribution >= 0.6 is 0 Å². The molecule has 0 amide bonds. The molecule has 1 atom stereocenters. The first-order valence-electron chi connectivity index (χ1n) is 6.88. The number of fused-ring (bicyclic) bond motifs is 1. The summed E-state index contributed by atoms with van der Waals surface area (Å²) in [5.74, 6) is 3.02. The Morgan fingerprint density at radius 1 is 1.25 bits per heavy atom. The molecule has 0 saturated heterocycles. The topological polar surface area (TPSA) is 28.7 Å². The quantitative estimate of drug-likeness (QED) is 0.811. The maximum Gasteiger partial charge on any atom is 0.106 e. The maximum absolute atomic E-state index is 4.79. The van der Waals surface area contributed by atoms with Gasteiger partial charge in [-0.05, 0) is 31.1 Å². The van der Waals surface area contributed by atoms with Crippen LogP contribution in [0.5, 0.6) is 0 Å².